The second kappa shape index (κ2) is 10.8. The van der Waals surface area contributed by atoms with E-state index in [1.165, 1.54) is 0 Å². The van der Waals surface area contributed by atoms with Gasteiger partial charge in [-0.2, -0.15) is 0 Å². The topological polar surface area (TPSA) is 18.5 Å². The molecule has 0 aliphatic carbocycles. The molecule has 0 radical (unpaired) electrons. The third-order valence-corrected chi connectivity index (χ3v) is 0.904. The SMILES string of the molecule is CCOCCOC(=S)S.[H-].[K+]. The van der Waals surface area contributed by atoms with Gasteiger partial charge in [0.1, 0.15) is 6.61 Å². The first-order valence-corrected chi connectivity index (χ1v) is 3.56. The first kappa shape index (κ1) is 14.4. The van der Waals surface area contributed by atoms with Gasteiger partial charge in [-0.05, 0) is 19.1 Å². The van der Waals surface area contributed by atoms with E-state index in [0.717, 1.165) is 0 Å². The van der Waals surface area contributed by atoms with Gasteiger partial charge >= 0.3 is 51.4 Å². The Bertz CT molecular complexity index is 94.6. The van der Waals surface area contributed by atoms with Gasteiger partial charge in [0, 0.05) is 6.61 Å². The molecule has 5 heteroatoms. The van der Waals surface area contributed by atoms with E-state index >= 15 is 0 Å². The van der Waals surface area contributed by atoms with Crippen LogP contribution in [0.2, 0.25) is 0 Å². The molecule has 0 saturated heterocycles. The maximum Gasteiger partial charge on any atom is 1.00 e. The van der Waals surface area contributed by atoms with Crippen LogP contribution in [0.1, 0.15) is 8.35 Å². The summed E-state index contributed by atoms with van der Waals surface area (Å²) in [5.41, 5.74) is 0. The van der Waals surface area contributed by atoms with Gasteiger partial charge in [-0.25, -0.2) is 0 Å². The van der Waals surface area contributed by atoms with Gasteiger partial charge in [0.2, 0.25) is 4.38 Å². The molecule has 0 aliphatic rings. The van der Waals surface area contributed by atoms with Gasteiger partial charge in [-0.3, -0.25) is 0 Å². The smallest absolute Gasteiger partial charge is 1.00 e. The van der Waals surface area contributed by atoms with Crippen LogP contribution in [0, 0.1) is 0 Å². The summed E-state index contributed by atoms with van der Waals surface area (Å²) in [6, 6.07) is 0. The van der Waals surface area contributed by atoms with Crippen molar-refractivity contribution >= 4 is 29.2 Å². The summed E-state index contributed by atoms with van der Waals surface area (Å²) < 4.78 is 10.1. The average molecular weight is 206 g/mol. The minimum absolute atomic E-state index is 0. The minimum Gasteiger partial charge on any atom is -1.00 e. The zero-order chi connectivity index (χ0) is 7.11. The Morgan fingerprint density at radius 1 is 1.60 bits per heavy atom. The van der Waals surface area contributed by atoms with Crippen molar-refractivity contribution in [3.8, 4) is 0 Å². The van der Waals surface area contributed by atoms with Crippen LogP contribution in [0.3, 0.4) is 0 Å². The largest absolute Gasteiger partial charge is 1.00 e. The van der Waals surface area contributed by atoms with E-state index < -0.39 is 0 Å². The van der Waals surface area contributed by atoms with Gasteiger partial charge < -0.3 is 10.9 Å². The summed E-state index contributed by atoms with van der Waals surface area (Å²) in [5.74, 6) is 0. The predicted octanol–water partition coefficient (Wildman–Crippen LogP) is -1.63. The molecule has 0 bridgehead atoms. The summed E-state index contributed by atoms with van der Waals surface area (Å²) in [7, 11) is 0. The van der Waals surface area contributed by atoms with E-state index in [2.05, 4.69) is 24.8 Å². The van der Waals surface area contributed by atoms with E-state index in [1.54, 1.807) is 0 Å². The molecule has 0 aliphatic heterocycles. The van der Waals surface area contributed by atoms with Crippen molar-refractivity contribution in [3.05, 3.63) is 0 Å². The molecule has 0 aromatic heterocycles. The van der Waals surface area contributed by atoms with Crippen molar-refractivity contribution in [2.45, 2.75) is 6.92 Å². The molecule has 0 fully saturated rings. The quantitative estimate of drug-likeness (QED) is 0.258. The predicted molar refractivity (Wildman–Crippen MR) is 45.1 cm³/mol. The van der Waals surface area contributed by atoms with Crippen molar-refractivity contribution in [3.63, 3.8) is 0 Å². The molecule has 10 heavy (non-hydrogen) atoms. The molecule has 0 heterocycles. The average Bonchev–Trinajstić information content (AvgIpc) is 1.80. The standard InChI is InChI=1S/C5H10O2S2.K.H/c1-2-6-3-4-7-5(8)9;;/h2-4H2,1H3,(H,8,9);;/q;+1;-1. The van der Waals surface area contributed by atoms with Crippen molar-refractivity contribution in [2.24, 2.45) is 0 Å². The van der Waals surface area contributed by atoms with Crippen LogP contribution in [0.4, 0.5) is 0 Å². The van der Waals surface area contributed by atoms with Crippen LogP contribution < -0.4 is 51.4 Å². The Kier molecular flexibility index (Phi) is 15.6. The van der Waals surface area contributed by atoms with Crippen LogP contribution in [0.25, 0.3) is 0 Å². The van der Waals surface area contributed by atoms with Crippen molar-refractivity contribution in [2.75, 3.05) is 19.8 Å². The van der Waals surface area contributed by atoms with Crippen molar-refractivity contribution in [1.29, 1.82) is 0 Å². The molecule has 0 atom stereocenters. The van der Waals surface area contributed by atoms with Crippen LogP contribution in [-0.4, -0.2) is 24.2 Å². The zero-order valence-corrected chi connectivity index (χ0v) is 11.1. The summed E-state index contributed by atoms with van der Waals surface area (Å²) in [5, 5.41) is 0. The summed E-state index contributed by atoms with van der Waals surface area (Å²) >= 11 is 8.29. The molecule has 0 aromatic rings. The summed E-state index contributed by atoms with van der Waals surface area (Å²) in [6.45, 7) is 3.72. The van der Waals surface area contributed by atoms with E-state index in [0.29, 0.717) is 19.8 Å². The molecule has 0 unspecified atom stereocenters. The maximum atomic E-state index is 4.97. The number of rotatable bonds is 4. The number of hydrogen-bond acceptors (Lipinski definition) is 3. The number of thiol groups is 1. The third kappa shape index (κ3) is 12.5. The second-order valence-electron chi connectivity index (χ2n) is 1.31. The Balaban J connectivity index is -0.000000320. The molecular formula is C5H11KO2S2. The van der Waals surface area contributed by atoms with Crippen LogP contribution >= 0.6 is 24.8 Å². The number of thiocarbonyl (C=S) groups is 1. The third-order valence-electron chi connectivity index (χ3n) is 0.657. The molecule has 2 nitrogen and oxygen atoms in total. The van der Waals surface area contributed by atoms with Gasteiger partial charge in [-0.15, -0.1) is 0 Å². The van der Waals surface area contributed by atoms with Gasteiger partial charge in [-0.1, -0.05) is 12.6 Å². The molecule has 56 valence electrons. The van der Waals surface area contributed by atoms with Gasteiger partial charge in [0.15, 0.2) is 0 Å². The molecule has 0 amide bonds. The Morgan fingerprint density at radius 2 is 2.20 bits per heavy atom. The van der Waals surface area contributed by atoms with Crippen molar-refractivity contribution < 1.29 is 62.3 Å². The Hall–Kier alpha value is 1.84. The van der Waals surface area contributed by atoms with E-state index in [1.807, 2.05) is 6.92 Å². The Labute approximate surface area is 116 Å². The fraction of sp³-hybridized carbons (Fsp3) is 0.800. The fourth-order valence-corrected chi connectivity index (χ4v) is 0.507. The minimum atomic E-state index is 0. The monoisotopic (exact) mass is 206 g/mol. The van der Waals surface area contributed by atoms with Crippen LogP contribution in [-0.2, 0) is 9.47 Å². The molecule has 0 aromatic carbocycles. The number of hydrogen-bond donors (Lipinski definition) is 1. The molecule has 0 saturated carbocycles. The maximum absolute atomic E-state index is 4.97. The van der Waals surface area contributed by atoms with E-state index in [9.17, 15) is 0 Å². The van der Waals surface area contributed by atoms with Crippen LogP contribution in [0.5, 0.6) is 0 Å². The first-order valence-electron chi connectivity index (χ1n) is 2.70. The summed E-state index contributed by atoms with van der Waals surface area (Å²) in [4.78, 5) is 0. The molecule has 0 spiro atoms. The Morgan fingerprint density at radius 3 is 2.60 bits per heavy atom. The number of ether oxygens (including phenoxy) is 2. The van der Waals surface area contributed by atoms with Crippen LogP contribution in [0.15, 0.2) is 0 Å². The second-order valence-corrected chi connectivity index (χ2v) is 2.39. The zero-order valence-electron chi connectivity index (χ0n) is 7.29. The fourth-order valence-electron chi connectivity index (χ4n) is 0.332. The molecule has 0 rings (SSSR count). The normalized spacial score (nSPS) is 8.20. The first-order chi connectivity index (χ1) is 4.27. The molecular weight excluding hydrogens is 195 g/mol. The summed E-state index contributed by atoms with van der Waals surface area (Å²) in [6.07, 6.45) is 0. The van der Waals surface area contributed by atoms with E-state index in [-0.39, 0.29) is 57.2 Å². The van der Waals surface area contributed by atoms with Crippen molar-refractivity contribution in [1.82, 2.24) is 0 Å². The van der Waals surface area contributed by atoms with Gasteiger partial charge in [0.25, 0.3) is 0 Å². The van der Waals surface area contributed by atoms with Gasteiger partial charge in [0.05, 0.1) is 6.61 Å². The molecule has 0 N–H and O–H groups in total. The van der Waals surface area contributed by atoms with E-state index in [4.69, 9.17) is 9.47 Å².